The van der Waals surface area contributed by atoms with E-state index in [0.29, 0.717) is 16.6 Å². The highest BCUT2D eigenvalue weighted by atomic mass is 35.5. The summed E-state index contributed by atoms with van der Waals surface area (Å²) < 4.78 is 7.31. The number of amides is 1. The number of benzene rings is 1. The minimum Gasteiger partial charge on any atom is -0.484 e. The number of hydrogen-bond donors (Lipinski definition) is 1. The van der Waals surface area contributed by atoms with Crippen LogP contribution in [0.1, 0.15) is 32.0 Å². The predicted molar refractivity (Wildman–Crippen MR) is 92.3 cm³/mol. The number of aryl methyl sites for hydroxylation is 2. The molecule has 0 saturated heterocycles. The fourth-order valence-corrected chi connectivity index (χ4v) is 2.25. The summed E-state index contributed by atoms with van der Waals surface area (Å²) in [5.74, 6) is 1.04. The normalized spacial score (nSPS) is 11.4. The van der Waals surface area contributed by atoms with E-state index in [-0.39, 0.29) is 18.1 Å². The van der Waals surface area contributed by atoms with E-state index in [2.05, 4.69) is 10.4 Å². The van der Waals surface area contributed by atoms with E-state index in [9.17, 15) is 4.79 Å². The molecule has 0 atom stereocenters. The summed E-state index contributed by atoms with van der Waals surface area (Å²) in [6, 6.07) is 7.14. The second-order valence-corrected chi connectivity index (χ2v) is 6.91. The Morgan fingerprint density at radius 2 is 2.00 bits per heavy atom. The zero-order chi connectivity index (χ0) is 17.2. The first kappa shape index (κ1) is 17.3. The molecule has 6 heteroatoms. The van der Waals surface area contributed by atoms with Crippen molar-refractivity contribution in [1.82, 2.24) is 9.78 Å². The van der Waals surface area contributed by atoms with Crippen molar-refractivity contribution < 1.29 is 9.53 Å². The molecule has 2 aromatic rings. The fraction of sp³-hybridized carbons (Fsp3) is 0.412. The van der Waals surface area contributed by atoms with Gasteiger partial charge in [0, 0.05) is 11.1 Å². The van der Waals surface area contributed by atoms with Crippen LogP contribution in [0.2, 0.25) is 5.02 Å². The number of anilines is 1. The molecule has 0 aliphatic carbocycles. The number of carbonyl (C=O) groups excluding carboxylic acids is 1. The van der Waals surface area contributed by atoms with E-state index in [4.69, 9.17) is 16.3 Å². The van der Waals surface area contributed by atoms with Crippen LogP contribution in [0.5, 0.6) is 5.75 Å². The van der Waals surface area contributed by atoms with Gasteiger partial charge in [0.1, 0.15) is 11.6 Å². The third kappa shape index (κ3) is 4.48. The van der Waals surface area contributed by atoms with Gasteiger partial charge in [0.2, 0.25) is 0 Å². The summed E-state index contributed by atoms with van der Waals surface area (Å²) in [5, 5.41) is 7.94. The molecule has 0 radical (unpaired) electrons. The van der Waals surface area contributed by atoms with E-state index in [1.165, 1.54) is 0 Å². The molecule has 0 spiro atoms. The Balaban J connectivity index is 2.01. The SMILES string of the molecule is Cc1cc(NC(=O)COc2ccc(Cl)c(C)c2)n(C(C)(C)C)n1. The highest BCUT2D eigenvalue weighted by Crippen LogP contribution is 2.22. The zero-order valence-electron chi connectivity index (χ0n) is 14.1. The van der Waals surface area contributed by atoms with Crippen molar-refractivity contribution in [3.05, 3.63) is 40.5 Å². The van der Waals surface area contributed by atoms with Crippen molar-refractivity contribution in [2.24, 2.45) is 0 Å². The van der Waals surface area contributed by atoms with Crippen LogP contribution >= 0.6 is 11.6 Å². The summed E-state index contributed by atoms with van der Waals surface area (Å²) in [7, 11) is 0. The van der Waals surface area contributed by atoms with E-state index >= 15 is 0 Å². The lowest BCUT2D eigenvalue weighted by Crippen LogP contribution is -2.28. The minimum atomic E-state index is -0.233. The van der Waals surface area contributed by atoms with E-state index in [0.717, 1.165) is 11.3 Å². The molecule has 23 heavy (non-hydrogen) atoms. The average molecular weight is 336 g/mol. The Morgan fingerprint density at radius 3 is 2.61 bits per heavy atom. The first-order valence-corrected chi connectivity index (χ1v) is 7.80. The predicted octanol–water partition coefficient (Wildman–Crippen LogP) is 3.93. The van der Waals surface area contributed by atoms with Gasteiger partial charge in [-0.25, -0.2) is 4.68 Å². The van der Waals surface area contributed by atoms with Crippen molar-refractivity contribution in [1.29, 1.82) is 0 Å². The number of ether oxygens (including phenoxy) is 1. The molecule has 124 valence electrons. The smallest absolute Gasteiger partial charge is 0.263 e. The Labute approximate surface area is 141 Å². The molecule has 2 rings (SSSR count). The van der Waals surface area contributed by atoms with Crippen molar-refractivity contribution in [3.63, 3.8) is 0 Å². The number of nitrogens with zero attached hydrogens (tertiary/aromatic N) is 2. The lowest BCUT2D eigenvalue weighted by molar-refractivity contribution is -0.118. The fourth-order valence-electron chi connectivity index (χ4n) is 2.13. The molecule has 0 aliphatic heterocycles. The number of rotatable bonds is 4. The second kappa shape index (κ2) is 6.62. The van der Waals surface area contributed by atoms with Gasteiger partial charge in [-0.3, -0.25) is 4.79 Å². The average Bonchev–Trinajstić information content (AvgIpc) is 2.81. The Kier molecular flexibility index (Phi) is 5.00. The molecular formula is C17H22ClN3O2. The molecule has 1 heterocycles. The summed E-state index contributed by atoms with van der Waals surface area (Å²) in [4.78, 5) is 12.1. The molecule has 1 aromatic heterocycles. The highest BCUT2D eigenvalue weighted by molar-refractivity contribution is 6.31. The molecule has 1 amide bonds. The Bertz CT molecular complexity index is 717. The molecule has 0 bridgehead atoms. The van der Waals surface area contributed by atoms with Gasteiger partial charge in [-0.05, 0) is 58.4 Å². The molecule has 1 aromatic carbocycles. The third-order valence-electron chi connectivity index (χ3n) is 3.23. The summed E-state index contributed by atoms with van der Waals surface area (Å²) >= 11 is 5.97. The largest absolute Gasteiger partial charge is 0.484 e. The molecule has 0 fully saturated rings. The standard InChI is InChI=1S/C17H22ClN3O2/c1-11-8-13(6-7-14(11)18)23-10-16(22)19-15-9-12(2)20-21(15)17(3,4)5/h6-9H,10H2,1-5H3,(H,19,22). The third-order valence-corrected chi connectivity index (χ3v) is 3.66. The molecule has 1 N–H and O–H groups in total. The van der Waals surface area contributed by atoms with E-state index < -0.39 is 0 Å². The maximum atomic E-state index is 12.1. The summed E-state index contributed by atoms with van der Waals surface area (Å²) in [6.45, 7) is 9.80. The van der Waals surface area contributed by atoms with Gasteiger partial charge in [0.05, 0.1) is 11.2 Å². The number of halogens is 1. The van der Waals surface area contributed by atoms with Crippen molar-refractivity contribution >= 4 is 23.3 Å². The van der Waals surface area contributed by atoms with Crippen LogP contribution in [0, 0.1) is 13.8 Å². The van der Waals surface area contributed by atoms with Crippen LogP contribution in [-0.4, -0.2) is 22.3 Å². The Morgan fingerprint density at radius 1 is 1.30 bits per heavy atom. The first-order chi connectivity index (χ1) is 10.7. The maximum Gasteiger partial charge on any atom is 0.263 e. The monoisotopic (exact) mass is 335 g/mol. The van der Waals surface area contributed by atoms with Crippen LogP contribution in [0.4, 0.5) is 5.82 Å². The molecule has 0 aliphatic rings. The molecule has 0 saturated carbocycles. The number of hydrogen-bond acceptors (Lipinski definition) is 3. The molecule has 0 unspecified atom stereocenters. The second-order valence-electron chi connectivity index (χ2n) is 6.50. The van der Waals surface area contributed by atoms with Crippen molar-refractivity contribution in [2.75, 3.05) is 11.9 Å². The lowest BCUT2D eigenvalue weighted by Gasteiger charge is -2.22. The van der Waals surface area contributed by atoms with Crippen LogP contribution in [0.15, 0.2) is 24.3 Å². The quantitative estimate of drug-likeness (QED) is 0.921. The van der Waals surface area contributed by atoms with Crippen molar-refractivity contribution in [2.45, 2.75) is 40.2 Å². The molecule has 5 nitrogen and oxygen atoms in total. The van der Waals surface area contributed by atoms with Crippen molar-refractivity contribution in [3.8, 4) is 5.75 Å². The Hall–Kier alpha value is -2.01. The van der Waals surface area contributed by atoms with Gasteiger partial charge in [-0.15, -0.1) is 0 Å². The summed E-state index contributed by atoms with van der Waals surface area (Å²) in [5.41, 5.74) is 1.54. The maximum absolute atomic E-state index is 12.1. The van der Waals surface area contributed by atoms with Crippen LogP contribution in [0.25, 0.3) is 0 Å². The van der Waals surface area contributed by atoms with Gasteiger partial charge >= 0.3 is 0 Å². The minimum absolute atomic E-state index is 0.0740. The number of nitrogens with one attached hydrogen (secondary N) is 1. The summed E-state index contributed by atoms with van der Waals surface area (Å²) in [6.07, 6.45) is 0. The van der Waals surface area contributed by atoms with E-state index in [1.54, 1.807) is 22.9 Å². The topological polar surface area (TPSA) is 56.1 Å². The zero-order valence-corrected chi connectivity index (χ0v) is 14.9. The van der Waals surface area contributed by atoms with Gasteiger partial charge in [0.25, 0.3) is 5.91 Å². The van der Waals surface area contributed by atoms with Gasteiger partial charge in [-0.1, -0.05) is 11.6 Å². The lowest BCUT2D eigenvalue weighted by atomic mass is 10.1. The van der Waals surface area contributed by atoms with Gasteiger partial charge in [-0.2, -0.15) is 5.10 Å². The van der Waals surface area contributed by atoms with Crippen LogP contribution in [-0.2, 0) is 10.3 Å². The van der Waals surface area contributed by atoms with Crippen LogP contribution in [0.3, 0.4) is 0 Å². The molecular weight excluding hydrogens is 314 g/mol. The van der Waals surface area contributed by atoms with Crippen LogP contribution < -0.4 is 10.1 Å². The number of aromatic nitrogens is 2. The van der Waals surface area contributed by atoms with E-state index in [1.807, 2.05) is 40.7 Å². The number of carbonyl (C=O) groups is 1. The van der Waals surface area contributed by atoms with Gasteiger partial charge < -0.3 is 10.1 Å². The van der Waals surface area contributed by atoms with Gasteiger partial charge in [0.15, 0.2) is 6.61 Å². The first-order valence-electron chi connectivity index (χ1n) is 7.43. The highest BCUT2D eigenvalue weighted by Gasteiger charge is 2.20.